The van der Waals surface area contributed by atoms with Gasteiger partial charge < -0.3 is 20.9 Å². The Labute approximate surface area is 168 Å². The van der Waals surface area contributed by atoms with Gasteiger partial charge in [0.1, 0.15) is 0 Å². The van der Waals surface area contributed by atoms with Gasteiger partial charge in [-0.3, -0.25) is 9.59 Å². The fourth-order valence-electron chi connectivity index (χ4n) is 2.73. The first-order valence-electron chi connectivity index (χ1n) is 9.38. The van der Waals surface area contributed by atoms with Crippen molar-refractivity contribution in [3.05, 3.63) is 65.5 Å². The molecule has 2 aromatic carbocycles. The molecule has 0 fully saturated rings. The molecule has 0 atom stereocenters. The minimum atomic E-state index is -0.465. The summed E-state index contributed by atoms with van der Waals surface area (Å²) in [6.07, 6.45) is 1.06. The van der Waals surface area contributed by atoms with Gasteiger partial charge in [0.25, 0.3) is 5.91 Å². The third-order valence-electron chi connectivity index (χ3n) is 4.35. The lowest BCUT2D eigenvalue weighted by Gasteiger charge is -2.10. The second-order valence-electron chi connectivity index (χ2n) is 6.43. The Kier molecular flexibility index (Phi) is 6.57. The number of nitrogens with zero attached hydrogens (tertiary/aromatic N) is 2. The van der Waals surface area contributed by atoms with E-state index in [0.717, 1.165) is 12.0 Å². The van der Waals surface area contributed by atoms with Gasteiger partial charge in [-0.2, -0.15) is 4.98 Å². The van der Waals surface area contributed by atoms with Gasteiger partial charge in [-0.25, -0.2) is 0 Å². The number of nitrogens with one attached hydrogen (secondary N) is 2. The van der Waals surface area contributed by atoms with Crippen LogP contribution in [0.3, 0.4) is 0 Å². The van der Waals surface area contributed by atoms with Crippen LogP contribution in [0.2, 0.25) is 0 Å². The molecule has 0 unspecified atom stereocenters. The molecule has 0 radical (unpaired) electrons. The van der Waals surface area contributed by atoms with E-state index in [4.69, 9.17) is 10.3 Å². The molecule has 3 rings (SSSR count). The lowest BCUT2D eigenvalue weighted by Crippen LogP contribution is -2.28. The molecule has 0 aliphatic heterocycles. The van der Waals surface area contributed by atoms with E-state index < -0.39 is 5.91 Å². The molecule has 3 aromatic rings. The van der Waals surface area contributed by atoms with Gasteiger partial charge >= 0.3 is 0 Å². The van der Waals surface area contributed by atoms with E-state index in [1.165, 1.54) is 5.56 Å². The minimum Gasteiger partial charge on any atom is -0.375 e. The predicted octanol–water partition coefficient (Wildman–Crippen LogP) is 2.52. The van der Waals surface area contributed by atoms with Crippen LogP contribution >= 0.6 is 0 Å². The molecular weight excluding hydrogens is 370 g/mol. The smallest absolute Gasteiger partial charge is 0.253 e. The van der Waals surface area contributed by atoms with Gasteiger partial charge in [0.05, 0.1) is 12.1 Å². The maximum Gasteiger partial charge on any atom is 0.253 e. The molecule has 8 heteroatoms. The van der Waals surface area contributed by atoms with Crippen molar-refractivity contribution in [3.8, 4) is 11.4 Å². The molecule has 0 spiro atoms. The number of aromatic nitrogens is 2. The van der Waals surface area contributed by atoms with Gasteiger partial charge in [-0.15, -0.1) is 0 Å². The molecule has 0 aliphatic carbocycles. The molecule has 0 saturated carbocycles. The number of anilines is 1. The molecule has 1 heterocycles. The van der Waals surface area contributed by atoms with Crippen molar-refractivity contribution < 1.29 is 14.1 Å². The molecule has 0 bridgehead atoms. The molecular formula is C21H23N5O3. The first-order chi connectivity index (χ1) is 14.1. The lowest BCUT2D eigenvalue weighted by molar-refractivity contribution is -0.117. The van der Waals surface area contributed by atoms with Gasteiger partial charge in [-0.05, 0) is 24.1 Å². The van der Waals surface area contributed by atoms with Crippen LogP contribution in [-0.2, 0) is 17.8 Å². The van der Waals surface area contributed by atoms with E-state index in [-0.39, 0.29) is 25.4 Å². The van der Waals surface area contributed by atoms with Crippen molar-refractivity contribution in [1.82, 2.24) is 15.5 Å². The number of carbonyl (C=O) groups is 2. The van der Waals surface area contributed by atoms with Gasteiger partial charge in [0.15, 0.2) is 0 Å². The number of carbonyl (C=O) groups excluding carboxylic acids is 2. The highest BCUT2D eigenvalue weighted by Crippen LogP contribution is 2.19. The summed E-state index contributed by atoms with van der Waals surface area (Å²) >= 11 is 0. The number of aryl methyl sites for hydroxylation is 1. The highest BCUT2D eigenvalue weighted by Gasteiger charge is 2.13. The van der Waals surface area contributed by atoms with E-state index >= 15 is 0 Å². The van der Waals surface area contributed by atoms with Crippen LogP contribution in [0.15, 0.2) is 53.1 Å². The van der Waals surface area contributed by atoms with Crippen molar-refractivity contribution in [3.63, 3.8) is 0 Å². The minimum absolute atomic E-state index is 0.0886. The Morgan fingerprint density at radius 2 is 1.86 bits per heavy atom. The summed E-state index contributed by atoms with van der Waals surface area (Å²) in [5, 5.41) is 9.84. The Bertz CT molecular complexity index is 982. The zero-order valence-electron chi connectivity index (χ0n) is 16.1. The van der Waals surface area contributed by atoms with E-state index in [9.17, 15) is 9.59 Å². The van der Waals surface area contributed by atoms with Crippen LogP contribution in [0.4, 0.5) is 5.69 Å². The number of primary amides is 1. The quantitative estimate of drug-likeness (QED) is 0.513. The van der Waals surface area contributed by atoms with Crippen molar-refractivity contribution in [2.75, 3.05) is 11.9 Å². The topological polar surface area (TPSA) is 123 Å². The number of nitrogens with two attached hydrogens (primary N) is 1. The van der Waals surface area contributed by atoms with Crippen molar-refractivity contribution in [2.45, 2.75) is 26.3 Å². The van der Waals surface area contributed by atoms with Crippen molar-refractivity contribution in [2.24, 2.45) is 5.73 Å². The van der Waals surface area contributed by atoms with E-state index in [0.29, 0.717) is 23.0 Å². The number of rotatable bonds is 9. The Hall–Kier alpha value is -3.68. The summed E-state index contributed by atoms with van der Waals surface area (Å²) in [5.74, 6) is 0.162. The average Bonchev–Trinajstić information content (AvgIpc) is 3.21. The summed E-state index contributed by atoms with van der Waals surface area (Å²) in [6.45, 7) is 2.56. The number of para-hydroxylation sites is 1. The average molecular weight is 393 g/mol. The fraction of sp³-hybridized carbons (Fsp3) is 0.238. The molecule has 29 heavy (non-hydrogen) atoms. The van der Waals surface area contributed by atoms with E-state index in [1.54, 1.807) is 18.2 Å². The molecule has 4 N–H and O–H groups in total. The molecule has 1 aromatic heterocycles. The second kappa shape index (κ2) is 9.50. The third kappa shape index (κ3) is 5.41. The fourth-order valence-corrected chi connectivity index (χ4v) is 2.73. The standard InChI is InChI=1S/C21H23N5O3/c1-2-14-7-9-15(10-8-14)20-25-19(29-26-20)13-24-17-6-4-3-5-16(17)21(28)23-12-11-18(22)27/h3-10,24H,2,11-13H2,1H3,(H2,22,27)(H,23,28). The number of hydrogen-bond acceptors (Lipinski definition) is 6. The zero-order valence-corrected chi connectivity index (χ0v) is 16.1. The second-order valence-corrected chi connectivity index (χ2v) is 6.43. The molecule has 0 saturated heterocycles. The highest BCUT2D eigenvalue weighted by atomic mass is 16.5. The molecule has 0 aliphatic rings. The van der Waals surface area contributed by atoms with Crippen molar-refractivity contribution in [1.29, 1.82) is 0 Å². The van der Waals surface area contributed by atoms with Crippen LogP contribution in [0, 0.1) is 0 Å². The SMILES string of the molecule is CCc1ccc(-c2noc(CNc3ccccc3C(=O)NCCC(N)=O)n2)cc1. The van der Waals surface area contributed by atoms with Gasteiger partial charge in [0, 0.05) is 24.2 Å². The predicted molar refractivity (Wildman–Crippen MR) is 109 cm³/mol. The molecule has 2 amide bonds. The Morgan fingerprint density at radius 1 is 1.10 bits per heavy atom. The summed E-state index contributed by atoms with van der Waals surface area (Å²) in [6, 6.07) is 15.1. The van der Waals surface area contributed by atoms with Crippen LogP contribution in [0.5, 0.6) is 0 Å². The van der Waals surface area contributed by atoms with Crippen LogP contribution in [0.1, 0.15) is 35.2 Å². The maximum atomic E-state index is 12.3. The van der Waals surface area contributed by atoms with Gasteiger partial charge in [0.2, 0.25) is 17.6 Å². The first-order valence-corrected chi connectivity index (χ1v) is 9.38. The molecule has 150 valence electrons. The van der Waals surface area contributed by atoms with Crippen molar-refractivity contribution >= 4 is 17.5 Å². The highest BCUT2D eigenvalue weighted by molar-refractivity contribution is 5.99. The largest absolute Gasteiger partial charge is 0.375 e. The van der Waals surface area contributed by atoms with Gasteiger partial charge in [-0.1, -0.05) is 48.5 Å². The number of hydrogen-bond donors (Lipinski definition) is 3. The normalized spacial score (nSPS) is 10.5. The summed E-state index contributed by atoms with van der Waals surface area (Å²) < 4.78 is 5.31. The summed E-state index contributed by atoms with van der Waals surface area (Å²) in [4.78, 5) is 27.6. The lowest BCUT2D eigenvalue weighted by atomic mass is 10.1. The summed E-state index contributed by atoms with van der Waals surface area (Å²) in [7, 11) is 0. The van der Waals surface area contributed by atoms with Crippen LogP contribution < -0.4 is 16.4 Å². The van der Waals surface area contributed by atoms with Crippen LogP contribution in [0.25, 0.3) is 11.4 Å². The monoisotopic (exact) mass is 393 g/mol. The van der Waals surface area contributed by atoms with E-state index in [2.05, 4.69) is 27.7 Å². The van der Waals surface area contributed by atoms with Crippen LogP contribution in [-0.4, -0.2) is 28.5 Å². The molecule has 8 nitrogen and oxygen atoms in total. The van der Waals surface area contributed by atoms with E-state index in [1.807, 2.05) is 30.3 Å². The zero-order chi connectivity index (χ0) is 20.6. The number of benzene rings is 2. The summed E-state index contributed by atoms with van der Waals surface area (Å²) in [5.41, 5.74) is 8.29. The third-order valence-corrected chi connectivity index (χ3v) is 4.35. The number of amides is 2. The Balaban J connectivity index is 1.64. The maximum absolute atomic E-state index is 12.3. The Morgan fingerprint density at radius 3 is 2.59 bits per heavy atom. The first kappa shape index (κ1) is 20.1.